The summed E-state index contributed by atoms with van der Waals surface area (Å²) in [7, 11) is -3.71. The molecule has 1 atom stereocenters. The number of hydrogen-bond donors (Lipinski definition) is 2. The number of sulfonamides is 1. The van der Waals surface area contributed by atoms with Gasteiger partial charge in [0.1, 0.15) is 4.21 Å². The second kappa shape index (κ2) is 6.83. The van der Waals surface area contributed by atoms with Crippen molar-refractivity contribution >= 4 is 38.6 Å². The largest absolute Gasteiger partial charge is 0.276 e. The van der Waals surface area contributed by atoms with Crippen molar-refractivity contribution < 1.29 is 13.2 Å². The number of aryl methyl sites for hydroxylation is 1. The van der Waals surface area contributed by atoms with Crippen LogP contribution in [0.2, 0.25) is 0 Å². The van der Waals surface area contributed by atoms with Crippen LogP contribution in [0.15, 0.2) is 27.8 Å². The molecular weight excluding hydrogens is 376 g/mol. The number of hydrogen-bond acceptors (Lipinski definition) is 5. The van der Waals surface area contributed by atoms with Gasteiger partial charge in [-0.1, -0.05) is 26.8 Å². The zero-order valence-electron chi connectivity index (χ0n) is 14.5. The molecule has 0 bridgehead atoms. The molecule has 3 rings (SSSR count). The number of rotatable bonds is 4. The second-order valence-electron chi connectivity index (χ2n) is 7.36. The third-order valence-electron chi connectivity index (χ3n) is 4.59. The first-order valence-electron chi connectivity index (χ1n) is 8.14. The molecule has 1 aliphatic rings. The fourth-order valence-corrected chi connectivity index (χ4v) is 5.95. The van der Waals surface area contributed by atoms with Crippen LogP contribution in [-0.2, 0) is 22.9 Å². The van der Waals surface area contributed by atoms with E-state index >= 15 is 0 Å². The molecule has 0 saturated carbocycles. The standard InChI is InChI=1S/C17H22N2O3S3/c1-17(2,3)12-6-7-13-11(9-12)10-14(24-13)16(20)18-19-25(21,22)15-5-4-8-23-15/h4-5,8,10,12,19H,6-7,9H2,1-3H3,(H,18,20)/t12-/m0/s1. The van der Waals surface area contributed by atoms with Crippen molar-refractivity contribution in [1.82, 2.24) is 10.3 Å². The molecule has 0 radical (unpaired) electrons. The maximum atomic E-state index is 12.3. The topological polar surface area (TPSA) is 75.3 Å². The lowest BCUT2D eigenvalue weighted by molar-refractivity contribution is 0.0949. The van der Waals surface area contributed by atoms with E-state index in [1.165, 1.54) is 27.8 Å². The molecule has 0 unspecified atom stereocenters. The average molecular weight is 399 g/mol. The van der Waals surface area contributed by atoms with Crippen LogP contribution < -0.4 is 10.3 Å². The molecule has 1 amide bonds. The molecule has 0 aliphatic heterocycles. The fraction of sp³-hybridized carbons (Fsp3) is 0.471. The molecule has 0 saturated heterocycles. The Kier molecular flexibility index (Phi) is 5.07. The summed E-state index contributed by atoms with van der Waals surface area (Å²) < 4.78 is 24.3. The van der Waals surface area contributed by atoms with Crippen molar-refractivity contribution in [3.63, 3.8) is 0 Å². The molecule has 5 nitrogen and oxygen atoms in total. The van der Waals surface area contributed by atoms with Gasteiger partial charge in [-0.15, -0.1) is 27.5 Å². The zero-order valence-corrected chi connectivity index (χ0v) is 16.9. The van der Waals surface area contributed by atoms with E-state index in [0.717, 1.165) is 30.6 Å². The number of carbonyl (C=O) groups is 1. The van der Waals surface area contributed by atoms with E-state index in [0.29, 0.717) is 10.8 Å². The first-order chi connectivity index (χ1) is 11.7. The fourth-order valence-electron chi connectivity index (χ4n) is 3.02. The van der Waals surface area contributed by atoms with Crippen LogP contribution in [0.5, 0.6) is 0 Å². The van der Waals surface area contributed by atoms with Crippen molar-refractivity contribution in [3.05, 3.63) is 38.9 Å². The Bertz CT molecular complexity index is 862. The highest BCUT2D eigenvalue weighted by atomic mass is 32.2. The van der Waals surface area contributed by atoms with E-state index in [-0.39, 0.29) is 9.62 Å². The number of thiophene rings is 2. The van der Waals surface area contributed by atoms with E-state index < -0.39 is 15.9 Å². The minimum atomic E-state index is -3.71. The number of carbonyl (C=O) groups excluding carboxylic acids is 1. The summed E-state index contributed by atoms with van der Waals surface area (Å²) in [5.41, 5.74) is 3.79. The summed E-state index contributed by atoms with van der Waals surface area (Å²) in [6.45, 7) is 6.76. The molecule has 25 heavy (non-hydrogen) atoms. The lowest BCUT2D eigenvalue weighted by Crippen LogP contribution is -2.40. The monoisotopic (exact) mass is 398 g/mol. The Hall–Kier alpha value is -1.22. The highest BCUT2D eigenvalue weighted by Crippen LogP contribution is 2.40. The Labute approximate surface area is 156 Å². The molecule has 2 heterocycles. The predicted octanol–water partition coefficient (Wildman–Crippen LogP) is 3.58. The maximum Gasteiger partial charge on any atom is 0.276 e. The second-order valence-corrected chi connectivity index (χ2v) is 11.4. The van der Waals surface area contributed by atoms with Crippen LogP contribution >= 0.6 is 22.7 Å². The van der Waals surface area contributed by atoms with Gasteiger partial charge in [0.2, 0.25) is 0 Å². The summed E-state index contributed by atoms with van der Waals surface area (Å²) >= 11 is 2.56. The zero-order chi connectivity index (χ0) is 18.2. The highest BCUT2D eigenvalue weighted by Gasteiger charge is 2.30. The molecule has 2 aromatic heterocycles. The highest BCUT2D eigenvalue weighted by molar-refractivity contribution is 7.91. The third-order valence-corrected chi connectivity index (χ3v) is 8.47. The summed E-state index contributed by atoms with van der Waals surface area (Å²) in [6.07, 6.45) is 3.09. The molecule has 1 aliphatic carbocycles. The van der Waals surface area contributed by atoms with E-state index in [1.54, 1.807) is 11.4 Å². The minimum absolute atomic E-state index is 0.172. The molecule has 0 spiro atoms. The maximum absolute atomic E-state index is 12.3. The van der Waals surface area contributed by atoms with Crippen molar-refractivity contribution in [2.45, 2.75) is 44.2 Å². The summed E-state index contributed by atoms with van der Waals surface area (Å²) in [5.74, 6) is 0.190. The first kappa shape index (κ1) is 18.6. The number of hydrazine groups is 1. The van der Waals surface area contributed by atoms with Gasteiger partial charge in [0, 0.05) is 4.88 Å². The molecule has 136 valence electrons. The minimum Gasteiger partial charge on any atom is -0.273 e. The van der Waals surface area contributed by atoms with Gasteiger partial charge in [-0.3, -0.25) is 10.2 Å². The van der Waals surface area contributed by atoms with E-state index in [2.05, 4.69) is 31.0 Å². The summed E-state index contributed by atoms with van der Waals surface area (Å²) in [6, 6.07) is 5.06. The van der Waals surface area contributed by atoms with E-state index in [4.69, 9.17) is 0 Å². The van der Waals surface area contributed by atoms with Gasteiger partial charge in [-0.25, -0.2) is 8.42 Å². The van der Waals surface area contributed by atoms with Gasteiger partial charge in [0.05, 0.1) is 4.88 Å². The molecule has 2 aromatic rings. The molecule has 2 N–H and O–H groups in total. The predicted molar refractivity (Wildman–Crippen MR) is 101 cm³/mol. The van der Waals surface area contributed by atoms with Crippen LogP contribution in [0.3, 0.4) is 0 Å². The van der Waals surface area contributed by atoms with Gasteiger partial charge < -0.3 is 0 Å². The van der Waals surface area contributed by atoms with Crippen LogP contribution in [0.25, 0.3) is 0 Å². The number of nitrogens with one attached hydrogen (secondary N) is 2. The Morgan fingerprint density at radius 1 is 1.32 bits per heavy atom. The number of fused-ring (bicyclic) bond motifs is 1. The molecular formula is C17H22N2O3S3. The Morgan fingerprint density at radius 3 is 2.72 bits per heavy atom. The van der Waals surface area contributed by atoms with Gasteiger partial charge in [-0.05, 0) is 53.7 Å². The van der Waals surface area contributed by atoms with Gasteiger partial charge in [-0.2, -0.15) is 0 Å². The third kappa shape index (κ3) is 4.13. The van der Waals surface area contributed by atoms with Gasteiger partial charge >= 0.3 is 0 Å². The average Bonchev–Trinajstić information content (AvgIpc) is 3.20. The normalized spacial score (nSPS) is 18.0. The molecule has 8 heteroatoms. The van der Waals surface area contributed by atoms with Crippen molar-refractivity contribution in [1.29, 1.82) is 0 Å². The Balaban J connectivity index is 1.68. The van der Waals surface area contributed by atoms with Crippen LogP contribution in [0, 0.1) is 11.3 Å². The smallest absolute Gasteiger partial charge is 0.273 e. The van der Waals surface area contributed by atoms with Crippen molar-refractivity contribution in [2.75, 3.05) is 0 Å². The van der Waals surface area contributed by atoms with E-state index in [1.807, 2.05) is 6.07 Å². The number of amides is 1. The summed E-state index contributed by atoms with van der Waals surface area (Å²) in [5, 5.41) is 1.68. The Morgan fingerprint density at radius 2 is 2.08 bits per heavy atom. The lowest BCUT2D eigenvalue weighted by Gasteiger charge is -2.33. The molecule has 0 aromatic carbocycles. The first-order valence-corrected chi connectivity index (χ1v) is 11.3. The van der Waals surface area contributed by atoms with Gasteiger partial charge in [0.15, 0.2) is 0 Å². The van der Waals surface area contributed by atoms with Crippen LogP contribution in [0.1, 0.15) is 47.3 Å². The van der Waals surface area contributed by atoms with Crippen molar-refractivity contribution in [2.24, 2.45) is 11.3 Å². The SMILES string of the molecule is CC(C)(C)[C@H]1CCc2sc(C(=O)NNS(=O)(=O)c3cccs3)cc2C1. The van der Waals surface area contributed by atoms with E-state index in [9.17, 15) is 13.2 Å². The van der Waals surface area contributed by atoms with Crippen LogP contribution in [-0.4, -0.2) is 14.3 Å². The molecule has 0 fully saturated rings. The summed E-state index contributed by atoms with van der Waals surface area (Å²) in [4.78, 5) is 16.3. The quantitative estimate of drug-likeness (QED) is 0.773. The van der Waals surface area contributed by atoms with Gasteiger partial charge in [0.25, 0.3) is 15.9 Å². The lowest BCUT2D eigenvalue weighted by atomic mass is 9.72. The van der Waals surface area contributed by atoms with Crippen molar-refractivity contribution in [3.8, 4) is 0 Å². The van der Waals surface area contributed by atoms with Crippen LogP contribution in [0.4, 0.5) is 0 Å².